The minimum Gasteiger partial charge on any atom is -0.465 e. The van der Waals surface area contributed by atoms with E-state index in [2.05, 4.69) is 9.97 Å². The van der Waals surface area contributed by atoms with E-state index in [0.717, 1.165) is 28.5 Å². The van der Waals surface area contributed by atoms with Gasteiger partial charge in [-0.2, -0.15) is 0 Å². The third-order valence-corrected chi connectivity index (χ3v) is 6.68. The van der Waals surface area contributed by atoms with Gasteiger partial charge in [0.05, 0.1) is 29.4 Å². The number of sulfonamides is 1. The molecule has 0 amide bonds. The Bertz CT molecular complexity index is 1310. The summed E-state index contributed by atoms with van der Waals surface area (Å²) < 4.78 is 38.7. The number of benzene rings is 2. The summed E-state index contributed by atoms with van der Waals surface area (Å²) in [5, 5.41) is 0. The molecule has 0 radical (unpaired) electrons. The Morgan fingerprint density at radius 3 is 2.47 bits per heavy atom. The fraction of sp³-hybridized carbons (Fsp3) is 0.375. The van der Waals surface area contributed by atoms with E-state index < -0.39 is 34.1 Å². The number of H-pyrrole nitrogens is 1. The van der Waals surface area contributed by atoms with E-state index in [1.807, 2.05) is 6.92 Å². The highest BCUT2D eigenvalue weighted by Gasteiger charge is 2.33. The van der Waals surface area contributed by atoms with Crippen molar-refractivity contribution in [3.05, 3.63) is 53.9 Å². The molecule has 0 aliphatic carbocycles. The summed E-state index contributed by atoms with van der Waals surface area (Å²) in [6, 6.07) is 10.6. The van der Waals surface area contributed by atoms with Crippen LogP contribution in [0.3, 0.4) is 0 Å². The first kappa shape index (κ1) is 25.2. The van der Waals surface area contributed by atoms with Crippen molar-refractivity contribution in [2.75, 3.05) is 18.0 Å². The van der Waals surface area contributed by atoms with Crippen LogP contribution >= 0.6 is 0 Å². The van der Waals surface area contributed by atoms with Crippen LogP contribution in [-0.4, -0.2) is 49.6 Å². The van der Waals surface area contributed by atoms with Crippen LogP contribution in [0.5, 0.6) is 0 Å². The van der Waals surface area contributed by atoms with Crippen molar-refractivity contribution in [3.8, 4) is 0 Å². The fourth-order valence-corrected chi connectivity index (χ4v) is 5.04. The summed E-state index contributed by atoms with van der Waals surface area (Å²) >= 11 is 0. The van der Waals surface area contributed by atoms with Gasteiger partial charge in [-0.3, -0.25) is 9.10 Å². The maximum Gasteiger partial charge on any atom is 0.339 e. The Kier molecular flexibility index (Phi) is 7.30. The Morgan fingerprint density at radius 1 is 1.12 bits per heavy atom. The zero-order valence-electron chi connectivity index (χ0n) is 19.9. The zero-order valence-corrected chi connectivity index (χ0v) is 20.7. The number of carbonyl (C=O) groups excluding carboxylic acids is 2. The van der Waals surface area contributed by atoms with E-state index >= 15 is 0 Å². The second-order valence-corrected chi connectivity index (χ2v) is 10.6. The number of nitrogens with one attached hydrogen (secondary N) is 1. The number of hydrogen-bond acceptors (Lipinski definition) is 7. The average molecular weight is 488 g/mol. The third kappa shape index (κ3) is 5.56. The molecule has 0 unspecified atom stereocenters. The number of hydrogen-bond donors (Lipinski definition) is 1. The molecule has 1 N–H and O–H groups in total. The molecule has 0 aliphatic rings. The predicted octanol–water partition coefficient (Wildman–Crippen LogP) is 3.84. The quantitative estimate of drug-likeness (QED) is 0.480. The van der Waals surface area contributed by atoms with Gasteiger partial charge in [-0.25, -0.2) is 18.2 Å². The highest BCUT2D eigenvalue weighted by atomic mass is 32.2. The van der Waals surface area contributed by atoms with Crippen LogP contribution in [0, 0.1) is 0 Å². The van der Waals surface area contributed by atoms with Crippen molar-refractivity contribution in [3.63, 3.8) is 0 Å². The lowest BCUT2D eigenvalue weighted by molar-refractivity contribution is -0.152. The molecular formula is C24H29N3O6S. The van der Waals surface area contributed by atoms with Gasteiger partial charge >= 0.3 is 11.9 Å². The first-order chi connectivity index (χ1) is 16.0. The van der Waals surface area contributed by atoms with Crippen molar-refractivity contribution in [1.82, 2.24) is 9.97 Å². The molecule has 1 heterocycles. The molecule has 0 atom stereocenters. The minimum absolute atomic E-state index is 0.134. The SMILES string of the molecule is CCCc1nc2cc(N(CC(=O)OC(C)(C)C)S(=O)(=O)c3ccccc3C(=O)OC)ccc2[nH]1. The Labute approximate surface area is 199 Å². The van der Waals surface area contributed by atoms with Gasteiger partial charge in [0, 0.05) is 6.42 Å². The largest absolute Gasteiger partial charge is 0.465 e. The number of esters is 2. The molecule has 182 valence electrons. The van der Waals surface area contributed by atoms with Crippen LogP contribution in [0.4, 0.5) is 5.69 Å². The van der Waals surface area contributed by atoms with Crippen molar-refractivity contribution in [2.24, 2.45) is 0 Å². The number of methoxy groups -OCH3 is 1. The first-order valence-corrected chi connectivity index (χ1v) is 12.3. The molecule has 0 saturated carbocycles. The molecule has 0 bridgehead atoms. The number of aromatic amines is 1. The standard InChI is InChI=1S/C24H29N3O6S/c1-6-9-21-25-18-13-12-16(14-19(18)26-21)27(15-22(28)33-24(2,3)4)34(30,31)20-11-8-7-10-17(20)23(29)32-5/h7-8,10-14H,6,9,15H2,1-5H3,(H,25,26). The van der Waals surface area contributed by atoms with E-state index in [1.54, 1.807) is 39.0 Å². The Hall–Kier alpha value is -3.40. The number of rotatable bonds is 8. The van der Waals surface area contributed by atoms with E-state index in [4.69, 9.17) is 9.47 Å². The highest BCUT2D eigenvalue weighted by molar-refractivity contribution is 7.93. The maximum atomic E-state index is 13.8. The highest BCUT2D eigenvalue weighted by Crippen LogP contribution is 2.29. The molecule has 0 fully saturated rings. The number of aromatic nitrogens is 2. The number of imidazole rings is 1. The normalized spacial score (nSPS) is 11.9. The Morgan fingerprint density at radius 2 is 1.82 bits per heavy atom. The van der Waals surface area contributed by atoms with Crippen molar-refractivity contribution < 1.29 is 27.5 Å². The van der Waals surface area contributed by atoms with Gasteiger partial charge in [-0.1, -0.05) is 19.1 Å². The van der Waals surface area contributed by atoms with E-state index in [1.165, 1.54) is 31.4 Å². The van der Waals surface area contributed by atoms with Crippen LogP contribution < -0.4 is 4.31 Å². The lowest BCUT2D eigenvalue weighted by atomic mass is 10.2. The van der Waals surface area contributed by atoms with Crippen LogP contribution in [0.2, 0.25) is 0 Å². The van der Waals surface area contributed by atoms with Crippen LogP contribution in [0.1, 0.15) is 50.3 Å². The molecule has 10 heteroatoms. The van der Waals surface area contributed by atoms with Crippen molar-refractivity contribution in [1.29, 1.82) is 0 Å². The molecule has 0 spiro atoms. The fourth-order valence-electron chi connectivity index (χ4n) is 3.45. The number of carbonyl (C=O) groups is 2. The van der Waals surface area contributed by atoms with Gasteiger partial charge in [0.2, 0.25) is 0 Å². The van der Waals surface area contributed by atoms with Crippen molar-refractivity contribution >= 4 is 38.7 Å². The van der Waals surface area contributed by atoms with Crippen LogP contribution in [0.15, 0.2) is 47.4 Å². The minimum atomic E-state index is -4.37. The number of nitrogens with zero attached hydrogens (tertiary/aromatic N) is 2. The lowest BCUT2D eigenvalue weighted by Gasteiger charge is -2.27. The smallest absolute Gasteiger partial charge is 0.339 e. The summed E-state index contributed by atoms with van der Waals surface area (Å²) in [7, 11) is -3.20. The van der Waals surface area contributed by atoms with E-state index in [-0.39, 0.29) is 16.1 Å². The number of ether oxygens (including phenoxy) is 2. The molecule has 34 heavy (non-hydrogen) atoms. The number of anilines is 1. The van der Waals surface area contributed by atoms with Gasteiger partial charge in [-0.15, -0.1) is 0 Å². The summed E-state index contributed by atoms with van der Waals surface area (Å²) in [5.74, 6) is -0.754. The van der Waals surface area contributed by atoms with Gasteiger partial charge in [-0.05, 0) is 57.5 Å². The monoisotopic (exact) mass is 487 g/mol. The van der Waals surface area contributed by atoms with Gasteiger partial charge < -0.3 is 14.5 Å². The Balaban J connectivity index is 2.13. The molecule has 3 aromatic rings. The van der Waals surface area contributed by atoms with Crippen LogP contribution in [-0.2, 0) is 30.7 Å². The van der Waals surface area contributed by atoms with Gasteiger partial charge in [0.15, 0.2) is 0 Å². The summed E-state index contributed by atoms with van der Waals surface area (Å²) in [6.45, 7) is 6.53. The average Bonchev–Trinajstić information content (AvgIpc) is 3.17. The van der Waals surface area contributed by atoms with E-state index in [0.29, 0.717) is 5.52 Å². The molecule has 0 aliphatic heterocycles. The molecule has 9 nitrogen and oxygen atoms in total. The molecule has 3 rings (SSSR count). The maximum absolute atomic E-state index is 13.8. The topological polar surface area (TPSA) is 119 Å². The number of aryl methyl sites for hydroxylation is 1. The summed E-state index contributed by atoms with van der Waals surface area (Å²) in [5.41, 5.74) is 0.582. The van der Waals surface area contributed by atoms with E-state index in [9.17, 15) is 18.0 Å². The van der Waals surface area contributed by atoms with Crippen LogP contribution in [0.25, 0.3) is 11.0 Å². The third-order valence-electron chi connectivity index (χ3n) is 4.84. The zero-order chi connectivity index (χ0) is 25.1. The van der Waals surface area contributed by atoms with Gasteiger partial charge in [0.25, 0.3) is 10.0 Å². The second-order valence-electron chi connectivity index (χ2n) is 8.72. The summed E-state index contributed by atoms with van der Waals surface area (Å²) in [6.07, 6.45) is 1.65. The first-order valence-electron chi connectivity index (χ1n) is 10.9. The predicted molar refractivity (Wildman–Crippen MR) is 128 cm³/mol. The molecule has 1 aromatic heterocycles. The molecule has 2 aromatic carbocycles. The van der Waals surface area contributed by atoms with Gasteiger partial charge in [0.1, 0.15) is 22.9 Å². The lowest BCUT2D eigenvalue weighted by Crippen LogP contribution is -2.39. The number of fused-ring (bicyclic) bond motifs is 1. The molecular weight excluding hydrogens is 458 g/mol. The second kappa shape index (κ2) is 9.84. The summed E-state index contributed by atoms with van der Waals surface area (Å²) in [4.78, 5) is 32.4. The van der Waals surface area contributed by atoms with Crippen molar-refractivity contribution in [2.45, 2.75) is 51.0 Å². The molecule has 0 saturated heterocycles.